The fourth-order valence-electron chi connectivity index (χ4n) is 2.67. The molecule has 0 heterocycles. The molecule has 0 unspecified atom stereocenters. The van der Waals surface area contributed by atoms with E-state index in [0.717, 1.165) is 17.3 Å². The van der Waals surface area contributed by atoms with Crippen molar-refractivity contribution in [2.75, 3.05) is 5.32 Å². The van der Waals surface area contributed by atoms with Crippen LogP contribution in [0, 0.1) is 15.9 Å². The zero-order valence-electron chi connectivity index (χ0n) is 16.0. The number of urea groups is 1. The second-order valence-electron chi connectivity index (χ2n) is 6.34. The standard InChI is InChI=1S/C21H17FN4O4S/c22-17-3-1-2-4-19(17)31-18-10-9-15(26(29)30)11-16(18)20(27)24-12-13-5-7-14(8-6-13)25-21(23)28/h1-11H,12H2,(H,24,27)(H3,23,25,28). The number of anilines is 1. The number of nitrogens with one attached hydrogen (secondary N) is 2. The van der Waals surface area contributed by atoms with Crippen LogP contribution in [0.2, 0.25) is 0 Å². The molecule has 3 rings (SSSR count). The van der Waals surface area contributed by atoms with E-state index in [4.69, 9.17) is 5.73 Å². The summed E-state index contributed by atoms with van der Waals surface area (Å²) in [4.78, 5) is 34.9. The Labute approximate surface area is 180 Å². The lowest BCUT2D eigenvalue weighted by atomic mass is 10.1. The highest BCUT2D eigenvalue weighted by Gasteiger charge is 2.18. The summed E-state index contributed by atoms with van der Waals surface area (Å²) in [5.41, 5.74) is 6.11. The number of amides is 3. The van der Waals surface area contributed by atoms with Gasteiger partial charge in [0.05, 0.1) is 10.5 Å². The molecule has 31 heavy (non-hydrogen) atoms. The summed E-state index contributed by atoms with van der Waals surface area (Å²) in [6.45, 7) is 0.141. The summed E-state index contributed by atoms with van der Waals surface area (Å²) in [7, 11) is 0. The average Bonchev–Trinajstić information content (AvgIpc) is 2.74. The molecule has 0 bridgehead atoms. The van der Waals surface area contributed by atoms with Crippen molar-refractivity contribution < 1.29 is 18.9 Å². The highest BCUT2D eigenvalue weighted by Crippen LogP contribution is 2.34. The zero-order chi connectivity index (χ0) is 22.4. The van der Waals surface area contributed by atoms with Crippen molar-refractivity contribution in [2.24, 2.45) is 5.73 Å². The molecule has 4 N–H and O–H groups in total. The number of nitro benzene ring substituents is 1. The second-order valence-corrected chi connectivity index (χ2v) is 7.42. The van der Waals surface area contributed by atoms with E-state index in [9.17, 15) is 24.1 Å². The zero-order valence-corrected chi connectivity index (χ0v) is 16.8. The van der Waals surface area contributed by atoms with Crippen LogP contribution < -0.4 is 16.4 Å². The third kappa shape index (κ3) is 5.80. The summed E-state index contributed by atoms with van der Waals surface area (Å²) in [6, 6.07) is 15.9. The van der Waals surface area contributed by atoms with Gasteiger partial charge in [-0.25, -0.2) is 9.18 Å². The molecule has 0 aliphatic heterocycles. The Kier molecular flexibility index (Phi) is 6.83. The van der Waals surface area contributed by atoms with Crippen LogP contribution in [0.25, 0.3) is 0 Å². The third-order valence-electron chi connectivity index (χ3n) is 4.15. The number of nitro groups is 1. The number of rotatable bonds is 7. The van der Waals surface area contributed by atoms with E-state index in [-0.39, 0.29) is 17.8 Å². The number of carbonyl (C=O) groups is 2. The van der Waals surface area contributed by atoms with Crippen LogP contribution in [0.3, 0.4) is 0 Å². The Hall–Kier alpha value is -3.92. The van der Waals surface area contributed by atoms with Crippen molar-refractivity contribution in [3.8, 4) is 0 Å². The van der Waals surface area contributed by atoms with Crippen LogP contribution in [0.1, 0.15) is 15.9 Å². The summed E-state index contributed by atoms with van der Waals surface area (Å²) in [5.74, 6) is -0.997. The summed E-state index contributed by atoms with van der Waals surface area (Å²) < 4.78 is 14.0. The molecule has 0 aliphatic rings. The first-order chi connectivity index (χ1) is 14.8. The molecule has 0 atom stereocenters. The third-order valence-corrected chi connectivity index (χ3v) is 5.28. The van der Waals surface area contributed by atoms with Gasteiger partial charge < -0.3 is 16.4 Å². The summed E-state index contributed by atoms with van der Waals surface area (Å²) in [5, 5.41) is 16.3. The van der Waals surface area contributed by atoms with Gasteiger partial charge in [-0.1, -0.05) is 36.0 Å². The Morgan fingerprint density at radius 2 is 1.74 bits per heavy atom. The van der Waals surface area contributed by atoms with Crippen molar-refractivity contribution in [3.63, 3.8) is 0 Å². The SMILES string of the molecule is NC(=O)Nc1ccc(CNC(=O)c2cc([N+](=O)[O-])ccc2Sc2ccccc2F)cc1. The molecule has 0 saturated carbocycles. The highest BCUT2D eigenvalue weighted by atomic mass is 32.2. The van der Waals surface area contributed by atoms with Crippen molar-refractivity contribution in [2.45, 2.75) is 16.3 Å². The lowest BCUT2D eigenvalue weighted by Crippen LogP contribution is -2.23. The topological polar surface area (TPSA) is 127 Å². The lowest BCUT2D eigenvalue weighted by Gasteiger charge is -2.11. The molecule has 0 saturated heterocycles. The van der Waals surface area contributed by atoms with Gasteiger partial charge in [-0.2, -0.15) is 0 Å². The van der Waals surface area contributed by atoms with Crippen molar-refractivity contribution in [3.05, 3.63) is 93.8 Å². The minimum atomic E-state index is -0.688. The van der Waals surface area contributed by atoms with Gasteiger partial charge >= 0.3 is 6.03 Å². The molecule has 3 aromatic carbocycles. The number of halogens is 1. The van der Waals surface area contributed by atoms with E-state index in [1.54, 1.807) is 42.5 Å². The van der Waals surface area contributed by atoms with Gasteiger partial charge in [0, 0.05) is 34.2 Å². The molecular formula is C21H17FN4O4S. The van der Waals surface area contributed by atoms with Crippen LogP contribution in [-0.4, -0.2) is 16.9 Å². The predicted molar refractivity (Wildman–Crippen MR) is 114 cm³/mol. The minimum absolute atomic E-state index is 0.0643. The maximum absolute atomic E-state index is 14.0. The Morgan fingerprint density at radius 3 is 2.39 bits per heavy atom. The normalized spacial score (nSPS) is 10.4. The van der Waals surface area contributed by atoms with Crippen LogP contribution >= 0.6 is 11.8 Å². The van der Waals surface area contributed by atoms with E-state index in [1.165, 1.54) is 24.3 Å². The molecule has 8 nitrogen and oxygen atoms in total. The van der Waals surface area contributed by atoms with Gasteiger partial charge in [0.1, 0.15) is 5.82 Å². The molecule has 0 aromatic heterocycles. The number of hydrogen-bond donors (Lipinski definition) is 3. The largest absolute Gasteiger partial charge is 0.351 e. The van der Waals surface area contributed by atoms with E-state index in [0.29, 0.717) is 15.5 Å². The number of nitrogens with zero attached hydrogens (tertiary/aromatic N) is 1. The number of non-ortho nitro benzene ring substituents is 1. The first kappa shape index (κ1) is 21.8. The molecule has 3 aromatic rings. The Balaban J connectivity index is 1.79. The Morgan fingerprint density at radius 1 is 1.03 bits per heavy atom. The number of benzene rings is 3. The molecule has 158 valence electrons. The second kappa shape index (κ2) is 9.72. The van der Waals surface area contributed by atoms with E-state index >= 15 is 0 Å². The van der Waals surface area contributed by atoms with Crippen LogP contribution in [0.15, 0.2) is 76.5 Å². The van der Waals surface area contributed by atoms with Gasteiger partial charge in [-0.15, -0.1) is 0 Å². The quantitative estimate of drug-likeness (QED) is 0.373. The van der Waals surface area contributed by atoms with Crippen molar-refractivity contribution in [1.29, 1.82) is 0 Å². The van der Waals surface area contributed by atoms with Gasteiger partial charge in [0.2, 0.25) is 0 Å². The molecule has 0 radical (unpaired) electrons. The fourth-order valence-corrected chi connectivity index (χ4v) is 3.62. The maximum atomic E-state index is 14.0. The maximum Gasteiger partial charge on any atom is 0.316 e. The first-order valence-electron chi connectivity index (χ1n) is 8.98. The van der Waals surface area contributed by atoms with E-state index < -0.39 is 22.7 Å². The molecule has 0 spiro atoms. The monoisotopic (exact) mass is 440 g/mol. The fraction of sp³-hybridized carbons (Fsp3) is 0.0476. The van der Waals surface area contributed by atoms with E-state index in [1.807, 2.05) is 0 Å². The number of hydrogen-bond acceptors (Lipinski definition) is 5. The molecule has 0 fully saturated rings. The summed E-state index contributed by atoms with van der Waals surface area (Å²) in [6.07, 6.45) is 0. The van der Waals surface area contributed by atoms with Crippen LogP contribution in [0.4, 0.5) is 20.6 Å². The highest BCUT2D eigenvalue weighted by molar-refractivity contribution is 7.99. The Bertz CT molecular complexity index is 1140. The first-order valence-corrected chi connectivity index (χ1v) is 9.79. The smallest absolute Gasteiger partial charge is 0.316 e. The van der Waals surface area contributed by atoms with Crippen molar-refractivity contribution >= 4 is 35.1 Å². The minimum Gasteiger partial charge on any atom is -0.351 e. The van der Waals surface area contributed by atoms with Gasteiger partial charge in [0.15, 0.2) is 0 Å². The number of primary amides is 1. The number of carbonyl (C=O) groups excluding carboxylic acids is 2. The van der Waals surface area contributed by atoms with E-state index in [2.05, 4.69) is 10.6 Å². The predicted octanol–water partition coefficient (Wildman–Crippen LogP) is 4.31. The van der Waals surface area contributed by atoms with Crippen LogP contribution in [-0.2, 0) is 6.54 Å². The molecular weight excluding hydrogens is 423 g/mol. The van der Waals surface area contributed by atoms with Gasteiger partial charge in [0.25, 0.3) is 11.6 Å². The molecule has 0 aliphatic carbocycles. The van der Waals surface area contributed by atoms with Crippen molar-refractivity contribution in [1.82, 2.24) is 5.32 Å². The van der Waals surface area contributed by atoms with Gasteiger partial charge in [-0.05, 0) is 35.9 Å². The molecule has 10 heteroatoms. The lowest BCUT2D eigenvalue weighted by molar-refractivity contribution is -0.384. The van der Waals surface area contributed by atoms with Gasteiger partial charge in [-0.3, -0.25) is 14.9 Å². The average molecular weight is 440 g/mol. The number of nitrogens with two attached hydrogens (primary N) is 1. The van der Waals surface area contributed by atoms with Crippen LogP contribution in [0.5, 0.6) is 0 Å². The summed E-state index contributed by atoms with van der Waals surface area (Å²) >= 11 is 1.01. The molecule has 3 amide bonds.